The fourth-order valence-electron chi connectivity index (χ4n) is 2.58. The number of hydrogen-bond donors (Lipinski definition) is 2. The van der Waals surface area contributed by atoms with Crippen molar-refractivity contribution >= 4 is 28.3 Å². The number of nitrogens with zero attached hydrogens (tertiary/aromatic N) is 1. The van der Waals surface area contributed by atoms with Crippen molar-refractivity contribution in [2.75, 3.05) is 13.1 Å². The molecule has 0 spiro atoms. The van der Waals surface area contributed by atoms with Crippen LogP contribution < -0.4 is 11.5 Å². The SMILES string of the molecule is Cc1ccc(S(=O)(=O)N2CCC(C(C)N)C2)cc1C(N)=O.Cl. The topological polar surface area (TPSA) is 106 Å². The molecule has 2 unspecified atom stereocenters. The minimum atomic E-state index is -3.61. The first kappa shape index (κ1) is 18.9. The summed E-state index contributed by atoms with van der Waals surface area (Å²) in [7, 11) is -3.61. The van der Waals surface area contributed by atoms with Crippen LogP contribution >= 0.6 is 12.4 Å². The maximum absolute atomic E-state index is 12.6. The van der Waals surface area contributed by atoms with Crippen LogP contribution in [0.15, 0.2) is 23.1 Å². The first-order valence-corrected chi connectivity index (χ1v) is 8.33. The highest BCUT2D eigenvalue weighted by molar-refractivity contribution is 7.89. The standard InChI is InChI=1S/C14H21N3O3S.ClH/c1-9-3-4-12(7-13(9)14(16)18)21(19,20)17-6-5-11(8-17)10(2)15;/h3-4,7,10-11H,5-6,8,15H2,1-2H3,(H2,16,18);1H. The summed E-state index contributed by atoms with van der Waals surface area (Å²) in [6, 6.07) is 4.43. The van der Waals surface area contributed by atoms with Crippen LogP contribution in [0.3, 0.4) is 0 Å². The smallest absolute Gasteiger partial charge is 0.249 e. The molecule has 22 heavy (non-hydrogen) atoms. The lowest BCUT2D eigenvalue weighted by molar-refractivity contribution is 0.0999. The number of sulfonamides is 1. The van der Waals surface area contributed by atoms with Gasteiger partial charge in [-0.05, 0) is 43.9 Å². The summed E-state index contributed by atoms with van der Waals surface area (Å²) >= 11 is 0. The molecular formula is C14H22ClN3O3S. The number of rotatable bonds is 4. The third kappa shape index (κ3) is 3.60. The summed E-state index contributed by atoms with van der Waals surface area (Å²) in [4.78, 5) is 11.5. The zero-order valence-electron chi connectivity index (χ0n) is 12.7. The Kier molecular flexibility index (Phi) is 5.97. The summed E-state index contributed by atoms with van der Waals surface area (Å²) in [6.45, 7) is 4.48. The van der Waals surface area contributed by atoms with E-state index in [1.807, 2.05) is 6.92 Å². The molecule has 1 amide bonds. The van der Waals surface area contributed by atoms with E-state index < -0.39 is 15.9 Å². The summed E-state index contributed by atoms with van der Waals surface area (Å²) in [6.07, 6.45) is 0.755. The molecule has 1 aliphatic heterocycles. The summed E-state index contributed by atoms with van der Waals surface area (Å²) in [5, 5.41) is 0. The van der Waals surface area contributed by atoms with E-state index in [4.69, 9.17) is 11.5 Å². The van der Waals surface area contributed by atoms with Gasteiger partial charge in [-0.2, -0.15) is 4.31 Å². The van der Waals surface area contributed by atoms with E-state index in [9.17, 15) is 13.2 Å². The molecule has 1 aromatic carbocycles. The lowest BCUT2D eigenvalue weighted by atomic mass is 10.0. The second-order valence-electron chi connectivity index (χ2n) is 5.61. The van der Waals surface area contributed by atoms with Gasteiger partial charge in [0.1, 0.15) is 0 Å². The van der Waals surface area contributed by atoms with Gasteiger partial charge in [0.25, 0.3) is 0 Å². The third-order valence-corrected chi connectivity index (χ3v) is 5.90. The van der Waals surface area contributed by atoms with Gasteiger partial charge >= 0.3 is 0 Å². The molecule has 0 aliphatic carbocycles. The molecule has 1 fully saturated rings. The second-order valence-corrected chi connectivity index (χ2v) is 7.55. The van der Waals surface area contributed by atoms with Crippen molar-refractivity contribution in [1.29, 1.82) is 0 Å². The molecule has 124 valence electrons. The maximum atomic E-state index is 12.6. The lowest BCUT2D eigenvalue weighted by Gasteiger charge is -2.18. The number of carbonyl (C=O) groups excluding carboxylic acids is 1. The van der Waals surface area contributed by atoms with Gasteiger partial charge in [0.15, 0.2) is 0 Å². The molecule has 0 aromatic heterocycles. The average molecular weight is 348 g/mol. The van der Waals surface area contributed by atoms with Crippen molar-refractivity contribution in [3.8, 4) is 0 Å². The molecule has 0 radical (unpaired) electrons. The van der Waals surface area contributed by atoms with E-state index in [0.717, 1.165) is 6.42 Å². The molecule has 1 aromatic rings. The van der Waals surface area contributed by atoms with Crippen LogP contribution in [0.1, 0.15) is 29.3 Å². The van der Waals surface area contributed by atoms with E-state index in [-0.39, 0.29) is 34.8 Å². The second kappa shape index (κ2) is 6.95. The highest BCUT2D eigenvalue weighted by atomic mass is 35.5. The molecule has 2 atom stereocenters. The van der Waals surface area contributed by atoms with Gasteiger partial charge in [0, 0.05) is 24.7 Å². The summed E-state index contributed by atoms with van der Waals surface area (Å²) < 4.78 is 26.7. The zero-order valence-corrected chi connectivity index (χ0v) is 14.3. The van der Waals surface area contributed by atoms with Crippen LogP contribution in [0.4, 0.5) is 0 Å². The van der Waals surface area contributed by atoms with E-state index >= 15 is 0 Å². The predicted octanol–water partition coefficient (Wildman–Crippen LogP) is 0.874. The number of aryl methyl sites for hydroxylation is 1. The Morgan fingerprint density at radius 3 is 2.55 bits per heavy atom. The number of primary amides is 1. The monoisotopic (exact) mass is 347 g/mol. The first-order chi connectivity index (χ1) is 9.73. The molecule has 2 rings (SSSR count). The Morgan fingerprint density at radius 2 is 2.05 bits per heavy atom. The van der Waals surface area contributed by atoms with Crippen LogP contribution in [0.5, 0.6) is 0 Å². The van der Waals surface area contributed by atoms with Crippen LogP contribution in [0.25, 0.3) is 0 Å². The van der Waals surface area contributed by atoms with Crippen LogP contribution in [0, 0.1) is 12.8 Å². The lowest BCUT2D eigenvalue weighted by Crippen LogP contribution is -2.33. The highest BCUT2D eigenvalue weighted by Gasteiger charge is 2.34. The van der Waals surface area contributed by atoms with Gasteiger partial charge in [-0.3, -0.25) is 4.79 Å². The number of hydrogen-bond acceptors (Lipinski definition) is 4. The molecule has 8 heteroatoms. The molecule has 1 aliphatic rings. The number of amides is 1. The van der Waals surface area contributed by atoms with Crippen LogP contribution in [-0.4, -0.2) is 37.8 Å². The Bertz CT molecular complexity index is 661. The minimum Gasteiger partial charge on any atom is -0.366 e. The Balaban J connectivity index is 0.00000242. The largest absolute Gasteiger partial charge is 0.366 e. The van der Waals surface area contributed by atoms with Gasteiger partial charge < -0.3 is 11.5 Å². The molecule has 4 N–H and O–H groups in total. The molecular weight excluding hydrogens is 326 g/mol. The van der Waals surface area contributed by atoms with Crippen molar-refractivity contribution in [2.45, 2.75) is 31.2 Å². The molecule has 1 saturated heterocycles. The summed E-state index contributed by atoms with van der Waals surface area (Å²) in [5.74, 6) is -0.458. The Morgan fingerprint density at radius 1 is 1.41 bits per heavy atom. The van der Waals surface area contributed by atoms with E-state index in [1.54, 1.807) is 13.0 Å². The fraction of sp³-hybridized carbons (Fsp3) is 0.500. The third-order valence-electron chi connectivity index (χ3n) is 4.04. The average Bonchev–Trinajstić information content (AvgIpc) is 2.89. The van der Waals surface area contributed by atoms with Gasteiger partial charge in [0.2, 0.25) is 15.9 Å². The number of halogens is 1. The van der Waals surface area contributed by atoms with Crippen molar-refractivity contribution in [3.63, 3.8) is 0 Å². The zero-order chi connectivity index (χ0) is 15.8. The van der Waals surface area contributed by atoms with Crippen LogP contribution in [0.2, 0.25) is 0 Å². The molecule has 0 saturated carbocycles. The van der Waals surface area contributed by atoms with Gasteiger partial charge in [-0.25, -0.2) is 8.42 Å². The quantitative estimate of drug-likeness (QED) is 0.842. The predicted molar refractivity (Wildman–Crippen MR) is 87.5 cm³/mol. The minimum absolute atomic E-state index is 0. The Labute approximate surface area is 137 Å². The number of benzene rings is 1. The highest BCUT2D eigenvalue weighted by Crippen LogP contribution is 2.26. The van der Waals surface area contributed by atoms with Crippen molar-refractivity contribution in [3.05, 3.63) is 29.3 Å². The first-order valence-electron chi connectivity index (χ1n) is 6.89. The van der Waals surface area contributed by atoms with Crippen LogP contribution in [-0.2, 0) is 10.0 Å². The van der Waals surface area contributed by atoms with E-state index in [0.29, 0.717) is 18.7 Å². The molecule has 1 heterocycles. The number of nitrogens with two attached hydrogens (primary N) is 2. The van der Waals surface area contributed by atoms with Crippen molar-refractivity contribution in [2.24, 2.45) is 17.4 Å². The maximum Gasteiger partial charge on any atom is 0.249 e. The number of carbonyl (C=O) groups is 1. The summed E-state index contributed by atoms with van der Waals surface area (Å²) in [5.41, 5.74) is 12.0. The van der Waals surface area contributed by atoms with Crippen molar-refractivity contribution < 1.29 is 13.2 Å². The fourth-order valence-corrected chi connectivity index (χ4v) is 4.12. The Hall–Kier alpha value is -1.15. The molecule has 0 bridgehead atoms. The van der Waals surface area contributed by atoms with Gasteiger partial charge in [-0.15, -0.1) is 12.4 Å². The molecule has 6 nitrogen and oxygen atoms in total. The van der Waals surface area contributed by atoms with E-state index in [1.165, 1.54) is 16.4 Å². The van der Waals surface area contributed by atoms with Gasteiger partial charge in [-0.1, -0.05) is 6.07 Å². The van der Waals surface area contributed by atoms with Crippen molar-refractivity contribution in [1.82, 2.24) is 4.31 Å². The van der Waals surface area contributed by atoms with E-state index in [2.05, 4.69) is 0 Å². The normalized spacial score (nSPS) is 20.4. The van der Waals surface area contributed by atoms with Gasteiger partial charge in [0.05, 0.1) is 4.90 Å².